The van der Waals surface area contributed by atoms with Crippen molar-refractivity contribution in [3.63, 3.8) is 0 Å². The minimum Gasteiger partial charge on any atom is -0.489 e. The number of aliphatic carboxylic acids is 1. The second-order valence-corrected chi connectivity index (χ2v) is 4.79. The summed E-state index contributed by atoms with van der Waals surface area (Å²) in [6, 6.07) is 15.0. The smallest absolute Gasteiger partial charge is 0.307 e. The third kappa shape index (κ3) is 4.93. The molecule has 110 valence electrons. The molecule has 0 bridgehead atoms. The van der Waals surface area contributed by atoms with Crippen LogP contribution < -0.4 is 4.74 Å². The average molecular weight is 286 g/mol. The number of hydrogen-bond acceptors (Lipinski definition) is 3. The molecule has 4 nitrogen and oxygen atoms in total. The number of aliphatic hydroxyl groups excluding tert-OH is 1. The van der Waals surface area contributed by atoms with Crippen molar-refractivity contribution in [3.05, 3.63) is 65.2 Å². The SMILES string of the molecule is O=C(O)Cc1ccc(COc2ccc(CCO)cc2)cc1. The summed E-state index contributed by atoms with van der Waals surface area (Å²) >= 11 is 0. The second kappa shape index (κ2) is 7.45. The molecule has 0 aliphatic rings. The highest BCUT2D eigenvalue weighted by molar-refractivity contribution is 5.70. The molecule has 2 aromatic rings. The van der Waals surface area contributed by atoms with Gasteiger partial charge < -0.3 is 14.9 Å². The Morgan fingerprint density at radius 3 is 2.05 bits per heavy atom. The molecule has 2 rings (SSSR count). The number of benzene rings is 2. The maximum absolute atomic E-state index is 10.6. The third-order valence-corrected chi connectivity index (χ3v) is 3.11. The van der Waals surface area contributed by atoms with E-state index in [1.165, 1.54) is 0 Å². The van der Waals surface area contributed by atoms with Gasteiger partial charge in [-0.15, -0.1) is 0 Å². The van der Waals surface area contributed by atoms with Crippen LogP contribution in [0, 0.1) is 0 Å². The second-order valence-electron chi connectivity index (χ2n) is 4.79. The molecule has 0 spiro atoms. The summed E-state index contributed by atoms with van der Waals surface area (Å²) in [5.41, 5.74) is 2.84. The van der Waals surface area contributed by atoms with Gasteiger partial charge in [0, 0.05) is 6.61 Å². The third-order valence-electron chi connectivity index (χ3n) is 3.11. The van der Waals surface area contributed by atoms with Crippen molar-refractivity contribution in [2.75, 3.05) is 6.61 Å². The predicted octanol–water partition coefficient (Wildman–Crippen LogP) is 2.43. The summed E-state index contributed by atoms with van der Waals surface area (Å²) in [4.78, 5) is 10.6. The Labute approximate surface area is 123 Å². The van der Waals surface area contributed by atoms with E-state index in [0.717, 1.165) is 22.4 Å². The van der Waals surface area contributed by atoms with E-state index in [1.807, 2.05) is 36.4 Å². The van der Waals surface area contributed by atoms with Crippen molar-refractivity contribution in [3.8, 4) is 5.75 Å². The molecule has 0 aromatic heterocycles. The minimum atomic E-state index is -0.832. The fourth-order valence-electron chi connectivity index (χ4n) is 1.98. The van der Waals surface area contributed by atoms with Crippen molar-refractivity contribution in [1.82, 2.24) is 0 Å². The molecule has 0 heterocycles. The molecule has 2 aromatic carbocycles. The summed E-state index contributed by atoms with van der Waals surface area (Å²) < 4.78 is 5.67. The predicted molar refractivity (Wildman–Crippen MR) is 79.3 cm³/mol. The van der Waals surface area contributed by atoms with Crippen LogP contribution in [0.4, 0.5) is 0 Å². The summed E-state index contributed by atoms with van der Waals surface area (Å²) in [5.74, 6) is -0.0618. The molecule has 0 atom stereocenters. The number of hydrogen-bond donors (Lipinski definition) is 2. The van der Waals surface area contributed by atoms with E-state index in [9.17, 15) is 4.79 Å². The fraction of sp³-hybridized carbons (Fsp3) is 0.235. The maximum Gasteiger partial charge on any atom is 0.307 e. The van der Waals surface area contributed by atoms with Gasteiger partial charge in [0.1, 0.15) is 12.4 Å². The van der Waals surface area contributed by atoms with Gasteiger partial charge in [-0.2, -0.15) is 0 Å². The molecular formula is C17H18O4. The van der Waals surface area contributed by atoms with Crippen LogP contribution in [-0.4, -0.2) is 22.8 Å². The number of carbonyl (C=O) groups is 1. The first-order valence-corrected chi connectivity index (χ1v) is 6.79. The number of ether oxygens (including phenoxy) is 1. The highest BCUT2D eigenvalue weighted by Gasteiger charge is 2.01. The zero-order valence-electron chi connectivity index (χ0n) is 11.7. The van der Waals surface area contributed by atoms with Crippen molar-refractivity contribution in [1.29, 1.82) is 0 Å². The number of carboxylic acid groups (broad SMARTS) is 1. The summed E-state index contributed by atoms with van der Waals surface area (Å²) in [6.07, 6.45) is 0.679. The van der Waals surface area contributed by atoms with Crippen molar-refractivity contribution < 1.29 is 19.7 Å². The van der Waals surface area contributed by atoms with Crippen LogP contribution in [0.5, 0.6) is 5.75 Å². The first kappa shape index (κ1) is 15.1. The molecule has 2 N–H and O–H groups in total. The quantitative estimate of drug-likeness (QED) is 0.820. The Kier molecular flexibility index (Phi) is 5.35. The summed E-state index contributed by atoms with van der Waals surface area (Å²) in [5, 5.41) is 17.6. The van der Waals surface area contributed by atoms with Crippen LogP contribution in [0.2, 0.25) is 0 Å². The highest BCUT2D eigenvalue weighted by atomic mass is 16.5. The number of rotatable bonds is 7. The highest BCUT2D eigenvalue weighted by Crippen LogP contribution is 2.15. The molecule has 0 fully saturated rings. The Balaban J connectivity index is 1.88. The molecule has 0 amide bonds. The van der Waals surface area contributed by atoms with Crippen LogP contribution in [0.15, 0.2) is 48.5 Å². The summed E-state index contributed by atoms with van der Waals surface area (Å²) in [6.45, 7) is 0.579. The van der Waals surface area contributed by atoms with E-state index in [0.29, 0.717) is 13.0 Å². The van der Waals surface area contributed by atoms with Gasteiger partial charge >= 0.3 is 5.97 Å². The maximum atomic E-state index is 10.6. The van der Waals surface area contributed by atoms with Gasteiger partial charge in [0.25, 0.3) is 0 Å². The van der Waals surface area contributed by atoms with Crippen LogP contribution in [0.3, 0.4) is 0 Å². The van der Waals surface area contributed by atoms with Crippen molar-refractivity contribution in [2.24, 2.45) is 0 Å². The Bertz CT molecular complexity index is 573. The Hall–Kier alpha value is -2.33. The van der Waals surface area contributed by atoms with Gasteiger partial charge in [-0.1, -0.05) is 36.4 Å². The zero-order chi connectivity index (χ0) is 15.1. The molecule has 0 saturated carbocycles. The van der Waals surface area contributed by atoms with Crippen molar-refractivity contribution >= 4 is 5.97 Å². The van der Waals surface area contributed by atoms with E-state index in [4.69, 9.17) is 14.9 Å². The van der Waals surface area contributed by atoms with E-state index in [2.05, 4.69) is 0 Å². The van der Waals surface area contributed by atoms with Crippen molar-refractivity contribution in [2.45, 2.75) is 19.4 Å². The average Bonchev–Trinajstić information content (AvgIpc) is 2.48. The zero-order valence-corrected chi connectivity index (χ0v) is 11.7. The molecule has 0 unspecified atom stereocenters. The fourth-order valence-corrected chi connectivity index (χ4v) is 1.98. The first-order valence-electron chi connectivity index (χ1n) is 6.79. The lowest BCUT2D eigenvalue weighted by atomic mass is 10.1. The van der Waals surface area contributed by atoms with Crippen LogP contribution in [0.25, 0.3) is 0 Å². The molecule has 0 radical (unpaired) electrons. The van der Waals surface area contributed by atoms with E-state index in [-0.39, 0.29) is 13.0 Å². The number of carboxylic acids is 1. The van der Waals surface area contributed by atoms with Gasteiger partial charge in [-0.3, -0.25) is 4.79 Å². The van der Waals surface area contributed by atoms with Crippen LogP contribution >= 0.6 is 0 Å². The lowest BCUT2D eigenvalue weighted by molar-refractivity contribution is -0.136. The Morgan fingerprint density at radius 1 is 0.905 bits per heavy atom. The molecule has 0 aliphatic carbocycles. The molecule has 0 aliphatic heterocycles. The van der Waals surface area contributed by atoms with E-state index >= 15 is 0 Å². The monoisotopic (exact) mass is 286 g/mol. The topological polar surface area (TPSA) is 66.8 Å². The largest absolute Gasteiger partial charge is 0.489 e. The molecular weight excluding hydrogens is 268 g/mol. The first-order chi connectivity index (χ1) is 10.2. The van der Waals surface area contributed by atoms with Crippen LogP contribution in [-0.2, 0) is 24.2 Å². The van der Waals surface area contributed by atoms with Gasteiger partial charge in [0.2, 0.25) is 0 Å². The molecule has 0 saturated heterocycles. The van der Waals surface area contributed by atoms with Gasteiger partial charge in [-0.25, -0.2) is 0 Å². The van der Waals surface area contributed by atoms with Gasteiger partial charge in [-0.05, 0) is 35.2 Å². The minimum absolute atomic E-state index is 0.0352. The van der Waals surface area contributed by atoms with E-state index in [1.54, 1.807) is 12.1 Å². The van der Waals surface area contributed by atoms with Gasteiger partial charge in [0.15, 0.2) is 0 Å². The van der Waals surface area contributed by atoms with E-state index < -0.39 is 5.97 Å². The van der Waals surface area contributed by atoms with Crippen LogP contribution in [0.1, 0.15) is 16.7 Å². The van der Waals surface area contributed by atoms with Gasteiger partial charge in [0.05, 0.1) is 6.42 Å². The molecule has 4 heteroatoms. The Morgan fingerprint density at radius 2 is 1.48 bits per heavy atom. The standard InChI is InChI=1S/C17H18O4/c18-10-9-13-5-7-16(8-6-13)21-12-15-3-1-14(2-4-15)11-17(19)20/h1-8,18H,9-12H2,(H,19,20). The lowest BCUT2D eigenvalue weighted by Crippen LogP contribution is -2.01. The number of aliphatic hydroxyl groups is 1. The normalized spacial score (nSPS) is 10.3. The molecule has 21 heavy (non-hydrogen) atoms. The lowest BCUT2D eigenvalue weighted by Gasteiger charge is -2.07. The summed E-state index contributed by atoms with van der Waals surface area (Å²) in [7, 11) is 0.